The first-order valence-corrected chi connectivity index (χ1v) is 15.2. The predicted molar refractivity (Wildman–Crippen MR) is 156 cm³/mol. The number of benzene rings is 1. The number of alkyl halides is 3. The van der Waals surface area contributed by atoms with Crippen LogP contribution in [0.15, 0.2) is 48.7 Å². The minimum atomic E-state index is -4.34. The van der Waals surface area contributed by atoms with Crippen LogP contribution in [0.2, 0.25) is 0 Å². The molecule has 0 radical (unpaired) electrons. The molecule has 1 aromatic carbocycles. The molecule has 11 heteroatoms. The molecular formula is C32H37F3N6O2. The Morgan fingerprint density at radius 3 is 2.51 bits per heavy atom. The first kappa shape index (κ1) is 29.3. The average molecular weight is 595 g/mol. The Balaban J connectivity index is 1.09. The van der Waals surface area contributed by atoms with Gasteiger partial charge in [0.25, 0.3) is 5.91 Å². The van der Waals surface area contributed by atoms with Crippen molar-refractivity contribution in [3.63, 3.8) is 0 Å². The van der Waals surface area contributed by atoms with Gasteiger partial charge >= 0.3 is 6.18 Å². The van der Waals surface area contributed by atoms with Gasteiger partial charge in [-0.15, -0.1) is 0 Å². The lowest BCUT2D eigenvalue weighted by Crippen LogP contribution is -2.41. The summed E-state index contributed by atoms with van der Waals surface area (Å²) in [6, 6.07) is 11.5. The smallest absolute Gasteiger partial charge is 0.339 e. The van der Waals surface area contributed by atoms with Gasteiger partial charge in [-0.05, 0) is 80.5 Å². The van der Waals surface area contributed by atoms with E-state index in [0.29, 0.717) is 36.4 Å². The van der Waals surface area contributed by atoms with Crippen LogP contribution < -0.4 is 5.32 Å². The summed E-state index contributed by atoms with van der Waals surface area (Å²) in [5.41, 5.74) is 4.50. The Morgan fingerprint density at radius 2 is 1.79 bits per heavy atom. The van der Waals surface area contributed by atoms with E-state index in [9.17, 15) is 22.8 Å². The van der Waals surface area contributed by atoms with Gasteiger partial charge in [-0.2, -0.15) is 18.3 Å². The molecule has 3 aliphatic rings. The number of nitrogens with zero attached hydrogens (tertiary/aromatic N) is 5. The van der Waals surface area contributed by atoms with Gasteiger partial charge in [0.15, 0.2) is 11.5 Å². The number of halogens is 3. The van der Waals surface area contributed by atoms with E-state index in [0.717, 1.165) is 55.6 Å². The third-order valence-electron chi connectivity index (χ3n) is 9.06. The van der Waals surface area contributed by atoms with Gasteiger partial charge in [0, 0.05) is 61.9 Å². The van der Waals surface area contributed by atoms with Crippen LogP contribution in [0, 0.1) is 0 Å². The molecule has 1 atom stereocenters. The van der Waals surface area contributed by atoms with Gasteiger partial charge in [-0.1, -0.05) is 18.2 Å². The molecule has 2 fully saturated rings. The molecule has 43 heavy (non-hydrogen) atoms. The molecule has 1 unspecified atom stereocenters. The topological polar surface area (TPSA) is 82.8 Å². The molecular weight excluding hydrogens is 557 g/mol. The number of hydrogen-bond acceptors (Lipinski definition) is 5. The summed E-state index contributed by atoms with van der Waals surface area (Å²) < 4.78 is 39.3. The molecule has 2 aromatic heterocycles. The van der Waals surface area contributed by atoms with Crippen molar-refractivity contribution < 1.29 is 22.8 Å². The summed E-state index contributed by atoms with van der Waals surface area (Å²) in [6.45, 7) is 3.29. The van der Waals surface area contributed by atoms with Crippen LogP contribution in [0.1, 0.15) is 78.7 Å². The van der Waals surface area contributed by atoms with Crippen molar-refractivity contribution in [2.45, 2.75) is 69.5 Å². The number of carbonyl (C=O) groups is 2. The Hall–Kier alpha value is -3.73. The third kappa shape index (κ3) is 6.76. The summed E-state index contributed by atoms with van der Waals surface area (Å²) in [6.07, 6.45) is 4.38. The highest BCUT2D eigenvalue weighted by atomic mass is 19.4. The van der Waals surface area contributed by atoms with Crippen molar-refractivity contribution in [3.8, 4) is 0 Å². The van der Waals surface area contributed by atoms with E-state index < -0.39 is 24.9 Å². The molecule has 5 heterocycles. The summed E-state index contributed by atoms with van der Waals surface area (Å²) in [4.78, 5) is 33.7. The van der Waals surface area contributed by atoms with Crippen molar-refractivity contribution in [1.82, 2.24) is 29.7 Å². The number of fused-ring (bicyclic) bond motifs is 1. The molecule has 3 aliphatic heterocycles. The van der Waals surface area contributed by atoms with E-state index in [1.165, 1.54) is 17.7 Å². The number of likely N-dealkylation sites (tertiary alicyclic amines) is 1. The molecule has 0 aliphatic carbocycles. The van der Waals surface area contributed by atoms with Crippen LogP contribution in [-0.2, 0) is 11.2 Å². The lowest BCUT2D eigenvalue weighted by Gasteiger charge is -2.28. The highest BCUT2D eigenvalue weighted by molar-refractivity contribution is 5.94. The molecule has 2 amide bonds. The van der Waals surface area contributed by atoms with Crippen molar-refractivity contribution in [2.24, 2.45) is 0 Å². The van der Waals surface area contributed by atoms with Gasteiger partial charge in [0.2, 0.25) is 5.91 Å². The second-order valence-corrected chi connectivity index (χ2v) is 12.0. The third-order valence-corrected chi connectivity index (χ3v) is 9.06. The van der Waals surface area contributed by atoms with Crippen LogP contribution in [-0.4, -0.2) is 80.7 Å². The molecule has 8 nitrogen and oxygen atoms in total. The number of nitrogens with one attached hydrogen (secondary N) is 1. The largest absolute Gasteiger partial charge is 0.389 e. The van der Waals surface area contributed by atoms with E-state index in [1.54, 1.807) is 4.52 Å². The van der Waals surface area contributed by atoms with E-state index in [2.05, 4.69) is 10.4 Å². The lowest BCUT2D eigenvalue weighted by atomic mass is 9.89. The Labute approximate surface area is 248 Å². The van der Waals surface area contributed by atoms with E-state index >= 15 is 0 Å². The summed E-state index contributed by atoms with van der Waals surface area (Å²) in [5, 5.41) is 8.34. The van der Waals surface area contributed by atoms with Crippen molar-refractivity contribution in [1.29, 1.82) is 0 Å². The number of aromatic nitrogens is 3. The predicted octanol–water partition coefficient (Wildman–Crippen LogP) is 5.03. The van der Waals surface area contributed by atoms with Crippen molar-refractivity contribution >= 4 is 23.0 Å². The zero-order chi connectivity index (χ0) is 30.0. The van der Waals surface area contributed by atoms with Crippen molar-refractivity contribution in [2.75, 3.05) is 32.7 Å². The van der Waals surface area contributed by atoms with Crippen LogP contribution in [0.4, 0.5) is 13.2 Å². The summed E-state index contributed by atoms with van der Waals surface area (Å²) >= 11 is 0. The second-order valence-electron chi connectivity index (χ2n) is 12.0. The van der Waals surface area contributed by atoms with Gasteiger partial charge < -0.3 is 15.1 Å². The zero-order valence-corrected chi connectivity index (χ0v) is 24.2. The Bertz CT molecular complexity index is 1510. The fourth-order valence-electron chi connectivity index (χ4n) is 6.65. The quantitative estimate of drug-likeness (QED) is 0.433. The number of hydrogen-bond donors (Lipinski definition) is 1. The Kier molecular flexibility index (Phi) is 8.26. The normalized spacial score (nSPS) is 21.3. The van der Waals surface area contributed by atoms with Crippen LogP contribution in [0.3, 0.4) is 0 Å². The van der Waals surface area contributed by atoms with Crippen LogP contribution >= 0.6 is 0 Å². The first-order chi connectivity index (χ1) is 20.7. The average Bonchev–Trinajstić information content (AvgIpc) is 3.58. The summed E-state index contributed by atoms with van der Waals surface area (Å²) in [7, 11) is 0. The molecule has 1 spiro atoms. The molecule has 2 saturated heterocycles. The van der Waals surface area contributed by atoms with E-state index in [4.69, 9.17) is 4.98 Å². The van der Waals surface area contributed by atoms with E-state index in [1.807, 2.05) is 53.6 Å². The molecule has 0 saturated carbocycles. The van der Waals surface area contributed by atoms with E-state index in [-0.39, 0.29) is 18.0 Å². The van der Waals surface area contributed by atoms with Crippen LogP contribution in [0.5, 0.6) is 0 Å². The maximum atomic E-state index is 13.3. The first-order valence-electron chi connectivity index (χ1n) is 15.2. The molecule has 6 rings (SSSR count). The lowest BCUT2D eigenvalue weighted by molar-refractivity contribution is -0.148. The highest BCUT2D eigenvalue weighted by Crippen LogP contribution is 2.31. The zero-order valence-electron chi connectivity index (χ0n) is 24.2. The van der Waals surface area contributed by atoms with Gasteiger partial charge in [-0.3, -0.25) is 9.59 Å². The fourth-order valence-corrected chi connectivity index (χ4v) is 6.65. The minimum Gasteiger partial charge on any atom is -0.339 e. The molecule has 0 bridgehead atoms. The highest BCUT2D eigenvalue weighted by Gasteiger charge is 2.36. The maximum absolute atomic E-state index is 13.3. The SMILES string of the molecule is O=C(CCC(F)(F)F)N1CC=C(c2cccn3nc(Cc4ccc(C(=O)N5CCCC6(CCCN6)CC5)cc4)nc23)CC1. The fraction of sp³-hybridized carbons (Fsp3) is 0.500. The Morgan fingerprint density at radius 1 is 0.977 bits per heavy atom. The molecule has 3 aromatic rings. The van der Waals surface area contributed by atoms with Gasteiger partial charge in [0.05, 0.1) is 6.42 Å². The second kappa shape index (κ2) is 12.1. The molecule has 1 N–H and O–H groups in total. The maximum Gasteiger partial charge on any atom is 0.389 e. The van der Waals surface area contributed by atoms with Gasteiger partial charge in [0.1, 0.15) is 0 Å². The number of carbonyl (C=O) groups excluding carboxylic acids is 2. The van der Waals surface area contributed by atoms with Crippen LogP contribution in [0.25, 0.3) is 11.2 Å². The van der Waals surface area contributed by atoms with Crippen molar-refractivity contribution in [3.05, 3.63) is 71.2 Å². The number of pyridine rings is 1. The number of amides is 2. The molecule has 228 valence electrons. The minimum absolute atomic E-state index is 0.0819. The number of rotatable bonds is 6. The standard InChI is InChI=1S/C32H37F3N6O2/c33-32(34,35)14-9-28(42)39-19-10-24(11-20-39)26-4-1-18-41-29(26)37-27(38-41)22-23-5-7-25(8-6-23)30(43)40-17-3-13-31(15-21-40)12-2-16-36-31/h1,4-8,10,18,36H,2-3,9,11-17,19-22H2. The van der Waals surface area contributed by atoms with Gasteiger partial charge in [-0.25, -0.2) is 9.50 Å². The monoisotopic (exact) mass is 594 g/mol. The summed E-state index contributed by atoms with van der Waals surface area (Å²) in [5.74, 6) is 0.247.